The highest BCUT2D eigenvalue weighted by Crippen LogP contribution is 2.23. The lowest BCUT2D eigenvalue weighted by Crippen LogP contribution is -2.48. The van der Waals surface area contributed by atoms with Crippen molar-refractivity contribution in [3.63, 3.8) is 0 Å². The van der Waals surface area contributed by atoms with Crippen molar-refractivity contribution in [2.24, 2.45) is 5.73 Å². The molecule has 1 aliphatic carbocycles. The van der Waals surface area contributed by atoms with Gasteiger partial charge in [0.05, 0.1) is 6.42 Å². The highest BCUT2D eigenvalue weighted by molar-refractivity contribution is 5.79. The van der Waals surface area contributed by atoms with E-state index < -0.39 is 0 Å². The Bertz CT molecular complexity index is 512. The van der Waals surface area contributed by atoms with Gasteiger partial charge in [0.15, 0.2) is 0 Å². The molecule has 1 amide bonds. The van der Waals surface area contributed by atoms with Crippen molar-refractivity contribution < 1.29 is 4.79 Å². The van der Waals surface area contributed by atoms with E-state index in [1.54, 1.807) is 0 Å². The molecular weight excluding hydrogens is 260 g/mol. The van der Waals surface area contributed by atoms with Crippen molar-refractivity contribution in [1.82, 2.24) is 4.90 Å². The number of rotatable bonds is 3. The van der Waals surface area contributed by atoms with Crippen molar-refractivity contribution in [1.29, 1.82) is 0 Å². The first-order valence-electron chi connectivity index (χ1n) is 8.38. The number of carbonyl (C=O) groups is 1. The first-order valence-corrected chi connectivity index (χ1v) is 8.38. The summed E-state index contributed by atoms with van der Waals surface area (Å²) in [4.78, 5) is 14.6. The molecule has 1 saturated heterocycles. The monoisotopic (exact) mass is 286 g/mol. The van der Waals surface area contributed by atoms with Gasteiger partial charge in [0.2, 0.25) is 5.91 Å². The molecule has 0 saturated carbocycles. The number of nitrogens with zero attached hydrogens (tertiary/aromatic N) is 1. The van der Waals surface area contributed by atoms with Gasteiger partial charge in [-0.15, -0.1) is 0 Å². The van der Waals surface area contributed by atoms with Gasteiger partial charge in [0.1, 0.15) is 0 Å². The number of piperidine rings is 1. The molecule has 1 aliphatic heterocycles. The zero-order valence-electron chi connectivity index (χ0n) is 12.8. The van der Waals surface area contributed by atoms with Crippen molar-refractivity contribution >= 4 is 5.91 Å². The highest BCUT2D eigenvalue weighted by Gasteiger charge is 2.25. The van der Waals surface area contributed by atoms with Crippen LogP contribution in [0.3, 0.4) is 0 Å². The van der Waals surface area contributed by atoms with Crippen molar-refractivity contribution in [2.45, 2.75) is 57.4 Å². The quantitative estimate of drug-likeness (QED) is 0.927. The van der Waals surface area contributed by atoms with Crippen LogP contribution in [0.5, 0.6) is 0 Å². The standard InChI is InChI=1S/C18H26N2O/c19-13-17-7-3-4-10-20(17)18(21)12-14-8-9-15-5-1-2-6-16(15)11-14/h8-9,11,17H,1-7,10,12-13,19H2. The maximum Gasteiger partial charge on any atom is 0.227 e. The summed E-state index contributed by atoms with van der Waals surface area (Å²) in [5.41, 5.74) is 9.93. The first-order chi connectivity index (χ1) is 10.3. The van der Waals surface area contributed by atoms with Crippen LogP contribution in [0, 0.1) is 0 Å². The molecule has 1 unspecified atom stereocenters. The van der Waals surface area contributed by atoms with E-state index in [9.17, 15) is 4.79 Å². The van der Waals surface area contributed by atoms with Crippen molar-refractivity contribution in [3.8, 4) is 0 Å². The number of benzene rings is 1. The molecule has 1 fully saturated rings. The van der Waals surface area contributed by atoms with E-state index >= 15 is 0 Å². The van der Waals surface area contributed by atoms with Crippen LogP contribution in [0.1, 0.15) is 48.8 Å². The Labute approximate surface area is 127 Å². The number of hydrogen-bond donors (Lipinski definition) is 1. The molecule has 0 bridgehead atoms. The summed E-state index contributed by atoms with van der Waals surface area (Å²) in [6.07, 6.45) is 8.87. The molecule has 3 rings (SSSR count). The lowest BCUT2D eigenvalue weighted by atomic mass is 9.90. The predicted molar refractivity (Wildman–Crippen MR) is 85.2 cm³/mol. The lowest BCUT2D eigenvalue weighted by molar-refractivity contribution is -0.133. The van der Waals surface area contributed by atoms with Crippen LogP contribution < -0.4 is 5.73 Å². The zero-order valence-corrected chi connectivity index (χ0v) is 12.8. The van der Waals surface area contributed by atoms with Crippen LogP contribution in [0.4, 0.5) is 0 Å². The predicted octanol–water partition coefficient (Wildman–Crippen LogP) is 2.45. The number of amides is 1. The van der Waals surface area contributed by atoms with Crippen molar-refractivity contribution in [3.05, 3.63) is 34.9 Å². The van der Waals surface area contributed by atoms with Crippen molar-refractivity contribution in [2.75, 3.05) is 13.1 Å². The second-order valence-corrected chi connectivity index (χ2v) is 6.46. The van der Waals surface area contributed by atoms with E-state index in [-0.39, 0.29) is 11.9 Å². The summed E-state index contributed by atoms with van der Waals surface area (Å²) in [6.45, 7) is 1.47. The van der Waals surface area contributed by atoms with Gasteiger partial charge < -0.3 is 10.6 Å². The molecule has 1 aromatic rings. The summed E-state index contributed by atoms with van der Waals surface area (Å²) >= 11 is 0. The molecule has 3 nitrogen and oxygen atoms in total. The molecule has 0 radical (unpaired) electrons. The van der Waals surface area contributed by atoms with Crippen LogP contribution in [0.2, 0.25) is 0 Å². The van der Waals surface area contributed by atoms with E-state index in [4.69, 9.17) is 5.73 Å². The average Bonchev–Trinajstić information content (AvgIpc) is 2.54. The summed E-state index contributed by atoms with van der Waals surface area (Å²) in [5.74, 6) is 0.251. The summed E-state index contributed by atoms with van der Waals surface area (Å²) in [7, 11) is 0. The van der Waals surface area contributed by atoms with Crippen LogP contribution in [0.15, 0.2) is 18.2 Å². The smallest absolute Gasteiger partial charge is 0.227 e. The van der Waals surface area contributed by atoms with E-state index in [1.165, 1.54) is 48.8 Å². The topological polar surface area (TPSA) is 46.3 Å². The lowest BCUT2D eigenvalue weighted by Gasteiger charge is -2.35. The van der Waals surface area contributed by atoms with Gasteiger partial charge >= 0.3 is 0 Å². The molecule has 1 atom stereocenters. The Balaban J connectivity index is 1.69. The number of carbonyl (C=O) groups excluding carboxylic acids is 1. The third-order valence-corrected chi connectivity index (χ3v) is 4.99. The Morgan fingerprint density at radius 3 is 2.76 bits per heavy atom. The fraction of sp³-hybridized carbons (Fsp3) is 0.611. The fourth-order valence-corrected chi connectivity index (χ4v) is 3.75. The van der Waals surface area contributed by atoms with Crippen LogP contribution in [-0.2, 0) is 24.1 Å². The molecule has 0 aromatic heterocycles. The average molecular weight is 286 g/mol. The van der Waals surface area contributed by atoms with Gasteiger partial charge in [-0.05, 0) is 61.6 Å². The molecular formula is C18H26N2O. The number of aryl methyl sites for hydroxylation is 2. The number of nitrogens with two attached hydrogens (primary N) is 1. The molecule has 2 aliphatic rings. The molecule has 1 heterocycles. The largest absolute Gasteiger partial charge is 0.338 e. The minimum Gasteiger partial charge on any atom is -0.338 e. The van der Waals surface area contributed by atoms with Gasteiger partial charge in [0.25, 0.3) is 0 Å². The second kappa shape index (κ2) is 6.61. The first kappa shape index (κ1) is 14.6. The fourth-order valence-electron chi connectivity index (χ4n) is 3.75. The van der Waals surface area contributed by atoms with E-state index in [1.807, 2.05) is 4.90 Å². The Morgan fingerprint density at radius 2 is 1.95 bits per heavy atom. The minimum atomic E-state index is 0.251. The molecule has 1 aromatic carbocycles. The number of likely N-dealkylation sites (tertiary alicyclic amines) is 1. The third kappa shape index (κ3) is 3.29. The van der Waals surface area contributed by atoms with Gasteiger partial charge in [-0.25, -0.2) is 0 Å². The molecule has 21 heavy (non-hydrogen) atoms. The van der Waals surface area contributed by atoms with Crippen LogP contribution >= 0.6 is 0 Å². The summed E-state index contributed by atoms with van der Waals surface area (Å²) in [6, 6.07) is 6.88. The Hall–Kier alpha value is -1.35. The van der Waals surface area contributed by atoms with E-state index in [0.29, 0.717) is 13.0 Å². The van der Waals surface area contributed by atoms with Crippen LogP contribution in [-0.4, -0.2) is 29.9 Å². The Morgan fingerprint density at radius 1 is 1.14 bits per heavy atom. The van der Waals surface area contributed by atoms with Gasteiger partial charge in [-0.1, -0.05) is 18.2 Å². The normalized spacial score (nSPS) is 22.0. The maximum absolute atomic E-state index is 12.6. The summed E-state index contributed by atoms with van der Waals surface area (Å²) < 4.78 is 0. The van der Waals surface area contributed by atoms with E-state index in [2.05, 4.69) is 18.2 Å². The number of hydrogen-bond acceptors (Lipinski definition) is 2. The molecule has 3 heteroatoms. The molecule has 114 valence electrons. The maximum atomic E-state index is 12.6. The van der Waals surface area contributed by atoms with Gasteiger partial charge in [0, 0.05) is 19.1 Å². The Kier molecular flexibility index (Phi) is 4.59. The second-order valence-electron chi connectivity index (χ2n) is 6.46. The summed E-state index contributed by atoms with van der Waals surface area (Å²) in [5, 5.41) is 0. The highest BCUT2D eigenvalue weighted by atomic mass is 16.2. The zero-order chi connectivity index (χ0) is 14.7. The van der Waals surface area contributed by atoms with Gasteiger partial charge in [-0.3, -0.25) is 4.79 Å². The van der Waals surface area contributed by atoms with Crippen LogP contribution in [0.25, 0.3) is 0 Å². The molecule has 2 N–H and O–H groups in total. The van der Waals surface area contributed by atoms with E-state index in [0.717, 1.165) is 19.4 Å². The SMILES string of the molecule is NCC1CCCCN1C(=O)Cc1ccc2c(c1)CCCC2. The minimum absolute atomic E-state index is 0.251. The van der Waals surface area contributed by atoms with Gasteiger partial charge in [-0.2, -0.15) is 0 Å². The molecule has 0 spiro atoms. The number of fused-ring (bicyclic) bond motifs is 1. The third-order valence-electron chi connectivity index (χ3n) is 4.99.